The number of hydrogen-bond donors (Lipinski definition) is 1. The molecule has 1 aromatic carbocycles. The van der Waals surface area contributed by atoms with Crippen LogP contribution < -0.4 is 5.73 Å². The predicted molar refractivity (Wildman–Crippen MR) is 72.5 cm³/mol. The molecule has 1 aromatic rings. The Kier molecular flexibility index (Phi) is 5.14. The summed E-state index contributed by atoms with van der Waals surface area (Å²) in [5.74, 6) is 0. The van der Waals surface area contributed by atoms with E-state index in [1.165, 1.54) is 12.0 Å². The molecule has 1 saturated heterocycles. The highest BCUT2D eigenvalue weighted by Crippen LogP contribution is 2.23. The maximum Gasteiger partial charge on any atom is 0.148 e. The van der Waals surface area contributed by atoms with Crippen LogP contribution in [0.5, 0.6) is 0 Å². The van der Waals surface area contributed by atoms with E-state index in [9.17, 15) is 4.39 Å². The molecule has 1 atom stereocenters. The van der Waals surface area contributed by atoms with E-state index in [0.29, 0.717) is 12.8 Å². The Morgan fingerprint density at radius 3 is 2.72 bits per heavy atom. The van der Waals surface area contributed by atoms with Gasteiger partial charge in [0, 0.05) is 13.0 Å². The van der Waals surface area contributed by atoms with Crippen LogP contribution in [0.1, 0.15) is 31.2 Å². The van der Waals surface area contributed by atoms with Crippen molar-refractivity contribution in [1.82, 2.24) is 4.90 Å². The average molecular weight is 249 g/mol. The third-order valence-corrected chi connectivity index (χ3v) is 3.57. The summed E-state index contributed by atoms with van der Waals surface area (Å²) < 4.78 is 13.0. The van der Waals surface area contributed by atoms with E-state index in [1.807, 2.05) is 6.07 Å². The third-order valence-electron chi connectivity index (χ3n) is 3.57. The number of likely N-dealkylation sites (tertiary alicyclic amines) is 1. The monoisotopic (exact) mass is 249 g/mol. The van der Waals surface area contributed by atoms with Crippen molar-refractivity contribution in [3.05, 3.63) is 42.1 Å². The van der Waals surface area contributed by atoms with Gasteiger partial charge in [0.2, 0.25) is 0 Å². The van der Waals surface area contributed by atoms with E-state index in [4.69, 9.17) is 5.73 Å². The fourth-order valence-electron chi connectivity index (χ4n) is 2.46. The summed E-state index contributed by atoms with van der Waals surface area (Å²) in [5.41, 5.74) is 7.32. The molecule has 3 heteroatoms. The fourth-order valence-corrected chi connectivity index (χ4v) is 2.46. The lowest BCUT2D eigenvalue weighted by atomic mass is 10.0. The molecule has 1 heterocycles. The average Bonchev–Trinajstić information content (AvgIpc) is 2.38. The summed E-state index contributed by atoms with van der Waals surface area (Å²) in [6, 6.07) is 10.5. The molecule has 2 nitrogen and oxygen atoms in total. The zero-order valence-corrected chi connectivity index (χ0v) is 10.8. The number of benzene rings is 1. The van der Waals surface area contributed by atoms with Crippen LogP contribution in [0.15, 0.2) is 30.3 Å². The molecule has 0 aromatic heterocycles. The van der Waals surface area contributed by atoms with Crippen molar-refractivity contribution in [2.75, 3.05) is 13.1 Å². The third kappa shape index (κ3) is 4.07. The molecule has 2 rings (SSSR count). The predicted octanol–water partition coefficient (Wildman–Crippen LogP) is 2.89. The SMILES string of the molecule is NC1C[C](F)CCN1CCCCc1ccccc1. The van der Waals surface area contributed by atoms with Crippen molar-refractivity contribution in [1.29, 1.82) is 0 Å². The Hall–Kier alpha value is -0.930. The van der Waals surface area contributed by atoms with Gasteiger partial charge in [0.25, 0.3) is 0 Å². The van der Waals surface area contributed by atoms with Crippen molar-refractivity contribution in [3.63, 3.8) is 0 Å². The molecule has 0 bridgehead atoms. The molecule has 1 aliphatic heterocycles. The molecular weight excluding hydrogens is 227 g/mol. The topological polar surface area (TPSA) is 29.3 Å². The van der Waals surface area contributed by atoms with Crippen molar-refractivity contribution < 1.29 is 4.39 Å². The van der Waals surface area contributed by atoms with Crippen LogP contribution in [0.3, 0.4) is 0 Å². The Balaban J connectivity index is 1.64. The van der Waals surface area contributed by atoms with E-state index >= 15 is 0 Å². The maximum atomic E-state index is 13.0. The number of halogens is 1. The van der Waals surface area contributed by atoms with Gasteiger partial charge in [-0.3, -0.25) is 4.90 Å². The van der Waals surface area contributed by atoms with Crippen LogP contribution in [-0.4, -0.2) is 24.2 Å². The molecule has 0 aliphatic carbocycles. The number of hydrogen-bond acceptors (Lipinski definition) is 2. The van der Waals surface area contributed by atoms with E-state index in [0.717, 1.165) is 25.9 Å². The van der Waals surface area contributed by atoms with E-state index in [2.05, 4.69) is 29.2 Å². The number of rotatable bonds is 5. The highest BCUT2D eigenvalue weighted by atomic mass is 19.1. The molecule has 18 heavy (non-hydrogen) atoms. The molecule has 1 radical (unpaired) electrons. The van der Waals surface area contributed by atoms with Crippen LogP contribution >= 0.6 is 0 Å². The fraction of sp³-hybridized carbons (Fsp3) is 0.533. The number of aryl methyl sites for hydroxylation is 1. The normalized spacial score (nSPS) is 22.2. The zero-order chi connectivity index (χ0) is 12.8. The summed E-state index contributed by atoms with van der Waals surface area (Å²) in [6.07, 6.45) is 4.33. The largest absolute Gasteiger partial charge is 0.316 e. The van der Waals surface area contributed by atoms with E-state index in [1.54, 1.807) is 0 Å². The minimum Gasteiger partial charge on any atom is -0.316 e. The van der Waals surface area contributed by atoms with Gasteiger partial charge >= 0.3 is 0 Å². The molecule has 1 unspecified atom stereocenters. The van der Waals surface area contributed by atoms with Gasteiger partial charge in [-0.1, -0.05) is 30.3 Å². The number of unbranched alkanes of at least 4 members (excludes halogenated alkanes) is 1. The van der Waals surface area contributed by atoms with Crippen LogP contribution in [0.25, 0.3) is 0 Å². The summed E-state index contributed by atoms with van der Waals surface area (Å²) in [5, 5.41) is 0. The van der Waals surface area contributed by atoms with Gasteiger partial charge in [0.05, 0.1) is 6.17 Å². The second-order valence-corrected chi connectivity index (χ2v) is 5.02. The molecule has 0 saturated carbocycles. The van der Waals surface area contributed by atoms with Gasteiger partial charge in [0.15, 0.2) is 0 Å². The van der Waals surface area contributed by atoms with Gasteiger partial charge in [-0.2, -0.15) is 0 Å². The maximum absolute atomic E-state index is 13.0. The van der Waals surface area contributed by atoms with Crippen molar-refractivity contribution in [2.24, 2.45) is 5.73 Å². The van der Waals surface area contributed by atoms with E-state index < -0.39 is 0 Å². The molecule has 2 N–H and O–H groups in total. The second-order valence-electron chi connectivity index (χ2n) is 5.02. The van der Waals surface area contributed by atoms with Gasteiger partial charge < -0.3 is 5.73 Å². The first-order valence-electron chi connectivity index (χ1n) is 6.79. The lowest BCUT2D eigenvalue weighted by Gasteiger charge is -2.34. The first-order valence-corrected chi connectivity index (χ1v) is 6.79. The smallest absolute Gasteiger partial charge is 0.148 e. The molecular formula is C15H22FN2. The van der Waals surface area contributed by atoms with Gasteiger partial charge in [-0.05, 0) is 37.8 Å². The summed E-state index contributed by atoms with van der Waals surface area (Å²) in [4.78, 5) is 2.20. The minimum absolute atomic E-state index is 0.0584. The zero-order valence-electron chi connectivity index (χ0n) is 10.8. The van der Waals surface area contributed by atoms with Crippen LogP contribution in [-0.2, 0) is 6.42 Å². The highest BCUT2D eigenvalue weighted by molar-refractivity contribution is 5.14. The lowest BCUT2D eigenvalue weighted by molar-refractivity contribution is 0.134. The molecule has 1 fully saturated rings. The van der Waals surface area contributed by atoms with E-state index in [-0.39, 0.29) is 12.3 Å². The Morgan fingerprint density at radius 1 is 1.22 bits per heavy atom. The number of nitrogens with zero attached hydrogens (tertiary/aromatic N) is 1. The van der Waals surface area contributed by atoms with Crippen molar-refractivity contribution in [3.8, 4) is 0 Å². The number of nitrogens with two attached hydrogens (primary N) is 1. The van der Waals surface area contributed by atoms with Crippen LogP contribution in [0.4, 0.5) is 4.39 Å². The van der Waals surface area contributed by atoms with Gasteiger partial charge in [-0.15, -0.1) is 0 Å². The highest BCUT2D eigenvalue weighted by Gasteiger charge is 2.25. The standard InChI is InChI=1S/C15H22FN2/c16-14-9-11-18(15(17)12-14)10-5-4-8-13-6-2-1-3-7-13/h1-3,6-7,15H,4-5,8-12,17H2. The number of piperidine rings is 1. The minimum atomic E-state index is -0.115. The first kappa shape index (κ1) is 13.5. The quantitative estimate of drug-likeness (QED) is 0.813. The second kappa shape index (κ2) is 6.86. The van der Waals surface area contributed by atoms with Crippen molar-refractivity contribution >= 4 is 0 Å². The first-order chi connectivity index (χ1) is 8.75. The molecule has 99 valence electrons. The summed E-state index contributed by atoms with van der Waals surface area (Å²) in [7, 11) is 0. The molecule has 0 spiro atoms. The summed E-state index contributed by atoms with van der Waals surface area (Å²) in [6.45, 7) is 1.76. The lowest BCUT2D eigenvalue weighted by Crippen LogP contribution is -2.47. The van der Waals surface area contributed by atoms with Crippen LogP contribution in [0.2, 0.25) is 0 Å². The molecule has 0 amide bonds. The molecule has 1 aliphatic rings. The van der Waals surface area contributed by atoms with Gasteiger partial charge in [0.1, 0.15) is 6.17 Å². The van der Waals surface area contributed by atoms with Crippen LogP contribution in [0, 0.1) is 6.17 Å². The Morgan fingerprint density at radius 2 is 2.00 bits per heavy atom. The summed E-state index contributed by atoms with van der Waals surface area (Å²) >= 11 is 0. The Bertz CT molecular complexity index is 342. The van der Waals surface area contributed by atoms with Gasteiger partial charge in [-0.25, -0.2) is 4.39 Å². The Labute approximate surface area is 109 Å². The van der Waals surface area contributed by atoms with Crippen molar-refractivity contribution in [2.45, 2.75) is 38.3 Å².